The van der Waals surface area contributed by atoms with Crippen LogP contribution in [-0.2, 0) is 9.09 Å². The highest BCUT2D eigenvalue weighted by Gasteiger charge is 2.12. The third-order valence-corrected chi connectivity index (χ3v) is 7.13. The van der Waals surface area contributed by atoms with Gasteiger partial charge in [0.05, 0.1) is 6.61 Å². The van der Waals surface area contributed by atoms with Crippen LogP contribution in [0.5, 0.6) is 0 Å². The highest BCUT2D eigenvalue weighted by Crippen LogP contribution is 2.35. The van der Waals surface area contributed by atoms with E-state index in [1.807, 2.05) is 0 Å². The molecule has 200 valence electrons. The molecule has 0 atom stereocenters. The first kappa shape index (κ1) is 33.1. The molecule has 33 heavy (non-hydrogen) atoms. The zero-order valence-corrected chi connectivity index (χ0v) is 22.7. The topological polar surface area (TPSA) is 92.8 Å². The van der Waals surface area contributed by atoms with Crippen molar-refractivity contribution < 1.29 is 18.9 Å². The fourth-order valence-corrected chi connectivity index (χ4v) is 4.86. The molecule has 0 aromatic rings. The van der Waals surface area contributed by atoms with Gasteiger partial charge in [-0.15, -0.1) is 0 Å². The SMILES string of the molecule is NCCCCCCCCCCCCCCCCCCCCCCCCCCCOP(=O)(O)O. The summed E-state index contributed by atoms with van der Waals surface area (Å²) in [5.41, 5.74) is 5.52. The summed E-state index contributed by atoms with van der Waals surface area (Å²) in [6.07, 6.45) is 33.3. The maximum absolute atomic E-state index is 10.5. The van der Waals surface area contributed by atoms with Crippen molar-refractivity contribution in [2.75, 3.05) is 13.2 Å². The average Bonchev–Trinajstić information content (AvgIpc) is 2.78. The van der Waals surface area contributed by atoms with E-state index >= 15 is 0 Å². The molecule has 0 fully saturated rings. The fourth-order valence-electron chi connectivity index (χ4n) is 4.50. The van der Waals surface area contributed by atoms with E-state index in [4.69, 9.17) is 15.5 Å². The van der Waals surface area contributed by atoms with Crippen LogP contribution in [0.2, 0.25) is 0 Å². The Morgan fingerprint density at radius 1 is 0.424 bits per heavy atom. The lowest BCUT2D eigenvalue weighted by Crippen LogP contribution is -1.97. The highest BCUT2D eigenvalue weighted by atomic mass is 31.2. The lowest BCUT2D eigenvalue weighted by atomic mass is 10.0. The maximum atomic E-state index is 10.5. The van der Waals surface area contributed by atoms with Crippen molar-refractivity contribution in [2.24, 2.45) is 5.73 Å². The van der Waals surface area contributed by atoms with Crippen molar-refractivity contribution in [1.82, 2.24) is 0 Å². The molecule has 0 bridgehead atoms. The molecule has 0 aliphatic rings. The zero-order valence-electron chi connectivity index (χ0n) is 21.8. The molecular formula is C27H58NO4P. The first-order chi connectivity index (χ1) is 16.1. The van der Waals surface area contributed by atoms with Crippen LogP contribution in [0.1, 0.15) is 161 Å². The molecule has 0 rings (SSSR count). The summed E-state index contributed by atoms with van der Waals surface area (Å²) in [6.45, 7) is 1.02. The molecule has 0 radical (unpaired) electrons. The van der Waals surface area contributed by atoms with E-state index in [-0.39, 0.29) is 6.61 Å². The minimum atomic E-state index is -4.27. The summed E-state index contributed by atoms with van der Waals surface area (Å²) in [4.78, 5) is 17.2. The lowest BCUT2D eigenvalue weighted by Gasteiger charge is -2.05. The number of phosphoric ester groups is 1. The van der Waals surface area contributed by atoms with E-state index in [0.717, 1.165) is 25.8 Å². The van der Waals surface area contributed by atoms with Gasteiger partial charge in [-0.25, -0.2) is 4.57 Å². The van der Waals surface area contributed by atoms with E-state index in [1.54, 1.807) is 0 Å². The monoisotopic (exact) mass is 491 g/mol. The summed E-state index contributed by atoms with van der Waals surface area (Å²) < 4.78 is 15.0. The third-order valence-electron chi connectivity index (χ3n) is 6.61. The maximum Gasteiger partial charge on any atom is 0.469 e. The van der Waals surface area contributed by atoms with Gasteiger partial charge in [-0.05, 0) is 19.4 Å². The second kappa shape index (κ2) is 26.7. The van der Waals surface area contributed by atoms with E-state index in [0.29, 0.717) is 0 Å². The number of phosphoric acid groups is 1. The summed E-state index contributed by atoms with van der Waals surface area (Å²) in [6, 6.07) is 0. The highest BCUT2D eigenvalue weighted by molar-refractivity contribution is 7.46. The number of nitrogens with two attached hydrogens (primary N) is 1. The van der Waals surface area contributed by atoms with Gasteiger partial charge in [-0.3, -0.25) is 4.52 Å². The molecule has 0 unspecified atom stereocenters. The molecule has 0 aliphatic heterocycles. The Labute approximate surface area is 206 Å². The predicted octanol–water partition coefficient (Wildman–Crippen LogP) is 8.81. The Bertz CT molecular complexity index is 417. The number of hydrogen-bond acceptors (Lipinski definition) is 3. The first-order valence-corrected chi connectivity index (χ1v) is 16.0. The molecule has 0 aromatic heterocycles. The van der Waals surface area contributed by atoms with E-state index in [2.05, 4.69) is 4.52 Å². The van der Waals surface area contributed by atoms with Gasteiger partial charge in [0.2, 0.25) is 0 Å². The van der Waals surface area contributed by atoms with Crippen LogP contribution in [-0.4, -0.2) is 22.9 Å². The fraction of sp³-hybridized carbons (Fsp3) is 1.00. The normalized spacial score (nSPS) is 12.0. The summed E-state index contributed by atoms with van der Waals surface area (Å²) in [5.74, 6) is 0. The Morgan fingerprint density at radius 2 is 0.636 bits per heavy atom. The number of rotatable bonds is 28. The van der Waals surface area contributed by atoms with Gasteiger partial charge in [0.1, 0.15) is 0 Å². The van der Waals surface area contributed by atoms with Crippen molar-refractivity contribution >= 4 is 7.82 Å². The van der Waals surface area contributed by atoms with Gasteiger partial charge in [-0.1, -0.05) is 148 Å². The van der Waals surface area contributed by atoms with Crippen LogP contribution in [0, 0.1) is 0 Å². The Kier molecular flexibility index (Phi) is 26.7. The zero-order chi connectivity index (χ0) is 24.3. The van der Waals surface area contributed by atoms with Gasteiger partial charge in [0, 0.05) is 0 Å². The van der Waals surface area contributed by atoms with E-state index in [1.165, 1.54) is 141 Å². The van der Waals surface area contributed by atoms with Crippen molar-refractivity contribution in [3.05, 3.63) is 0 Å². The van der Waals surface area contributed by atoms with Crippen LogP contribution in [0.4, 0.5) is 0 Å². The van der Waals surface area contributed by atoms with Crippen LogP contribution >= 0.6 is 7.82 Å². The number of unbranched alkanes of at least 4 members (excludes halogenated alkanes) is 24. The second-order valence-corrected chi connectivity index (χ2v) is 11.2. The molecule has 4 N–H and O–H groups in total. The standard InChI is InChI=1S/C27H58NO4P/c28-26-24-22-20-18-16-14-12-10-8-6-4-2-1-3-5-7-9-11-13-15-17-19-21-23-25-27-32-33(29,30)31/h1-28H2,(H2,29,30,31). The smallest absolute Gasteiger partial charge is 0.330 e. The van der Waals surface area contributed by atoms with Gasteiger partial charge in [-0.2, -0.15) is 0 Å². The van der Waals surface area contributed by atoms with E-state index < -0.39 is 7.82 Å². The molecule has 0 saturated heterocycles. The van der Waals surface area contributed by atoms with Crippen LogP contribution in [0.25, 0.3) is 0 Å². The molecule has 0 heterocycles. The molecule has 5 nitrogen and oxygen atoms in total. The van der Waals surface area contributed by atoms with Crippen molar-refractivity contribution in [3.8, 4) is 0 Å². The summed E-state index contributed by atoms with van der Waals surface area (Å²) in [7, 11) is -4.27. The summed E-state index contributed by atoms with van der Waals surface area (Å²) in [5, 5.41) is 0. The molecule has 0 saturated carbocycles. The Balaban J connectivity index is 3.03. The molecule has 6 heteroatoms. The third kappa shape index (κ3) is 32.1. The summed E-state index contributed by atoms with van der Waals surface area (Å²) >= 11 is 0. The average molecular weight is 492 g/mol. The van der Waals surface area contributed by atoms with Crippen LogP contribution in [0.3, 0.4) is 0 Å². The van der Waals surface area contributed by atoms with Crippen molar-refractivity contribution in [3.63, 3.8) is 0 Å². The Morgan fingerprint density at radius 3 is 0.848 bits per heavy atom. The lowest BCUT2D eigenvalue weighted by molar-refractivity contribution is 0.193. The van der Waals surface area contributed by atoms with Crippen molar-refractivity contribution in [2.45, 2.75) is 161 Å². The second-order valence-electron chi connectivity index (χ2n) is 9.95. The molecule has 0 amide bonds. The molecule has 0 aromatic carbocycles. The Hall–Kier alpha value is 0.0700. The van der Waals surface area contributed by atoms with Crippen molar-refractivity contribution in [1.29, 1.82) is 0 Å². The quantitative estimate of drug-likeness (QED) is 0.0751. The molecular weight excluding hydrogens is 433 g/mol. The largest absolute Gasteiger partial charge is 0.469 e. The van der Waals surface area contributed by atoms with Gasteiger partial charge < -0.3 is 15.5 Å². The minimum Gasteiger partial charge on any atom is -0.330 e. The molecule has 0 spiro atoms. The minimum absolute atomic E-state index is 0.168. The van der Waals surface area contributed by atoms with Gasteiger partial charge in [0.15, 0.2) is 0 Å². The first-order valence-electron chi connectivity index (χ1n) is 14.5. The predicted molar refractivity (Wildman–Crippen MR) is 142 cm³/mol. The number of hydrogen-bond donors (Lipinski definition) is 3. The van der Waals surface area contributed by atoms with Crippen LogP contribution < -0.4 is 5.73 Å². The van der Waals surface area contributed by atoms with Gasteiger partial charge >= 0.3 is 7.82 Å². The molecule has 0 aliphatic carbocycles. The van der Waals surface area contributed by atoms with E-state index in [9.17, 15) is 4.57 Å². The van der Waals surface area contributed by atoms with Gasteiger partial charge in [0.25, 0.3) is 0 Å². The van der Waals surface area contributed by atoms with Crippen LogP contribution in [0.15, 0.2) is 0 Å².